The molecular formula is C34H31NO8. The molecule has 0 aliphatic heterocycles. The Hall–Kier alpha value is -5.44. The molecule has 5 rings (SSSR count). The first-order valence-corrected chi connectivity index (χ1v) is 13.4. The summed E-state index contributed by atoms with van der Waals surface area (Å²) in [6.07, 6.45) is 0. The maximum atomic E-state index is 14.3. The van der Waals surface area contributed by atoms with Crippen LogP contribution in [-0.2, 0) is 11.3 Å². The second kappa shape index (κ2) is 12.6. The lowest BCUT2D eigenvalue weighted by atomic mass is 9.95. The van der Waals surface area contributed by atoms with Crippen molar-refractivity contribution in [2.45, 2.75) is 6.61 Å². The number of para-hydroxylation sites is 1. The van der Waals surface area contributed by atoms with Crippen LogP contribution in [-0.4, -0.2) is 46.1 Å². The number of rotatable bonds is 10. The molecule has 1 aromatic heterocycles. The highest BCUT2D eigenvalue weighted by Crippen LogP contribution is 2.45. The molecule has 0 aliphatic rings. The van der Waals surface area contributed by atoms with Gasteiger partial charge in [0, 0.05) is 16.6 Å². The molecule has 5 aromatic rings. The highest BCUT2D eigenvalue weighted by atomic mass is 16.5. The van der Waals surface area contributed by atoms with Crippen molar-refractivity contribution in [2.24, 2.45) is 0 Å². The van der Waals surface area contributed by atoms with Gasteiger partial charge in [-0.2, -0.15) is 0 Å². The van der Waals surface area contributed by atoms with Gasteiger partial charge in [-0.25, -0.2) is 4.79 Å². The highest BCUT2D eigenvalue weighted by molar-refractivity contribution is 6.08. The SMILES string of the molecule is COC(=O)c1c(-c2cc(OC)c(OC)c(OC)c2)c2cc(OC)c(OCc3ccccc3)cc2c(=O)n1-c1ccccc1. The Morgan fingerprint density at radius 2 is 1.26 bits per heavy atom. The predicted molar refractivity (Wildman–Crippen MR) is 163 cm³/mol. The Balaban J connectivity index is 1.90. The number of benzene rings is 4. The summed E-state index contributed by atoms with van der Waals surface area (Å²) in [5, 5.41) is 0.736. The lowest BCUT2D eigenvalue weighted by Crippen LogP contribution is -2.27. The average Bonchev–Trinajstić information content (AvgIpc) is 3.06. The maximum Gasteiger partial charge on any atom is 0.355 e. The van der Waals surface area contributed by atoms with Crippen molar-refractivity contribution in [3.8, 4) is 45.6 Å². The van der Waals surface area contributed by atoms with E-state index in [4.69, 9.17) is 28.4 Å². The summed E-state index contributed by atoms with van der Waals surface area (Å²) in [6, 6.07) is 25.3. The first kappa shape index (κ1) is 29.1. The van der Waals surface area contributed by atoms with E-state index in [1.54, 1.807) is 48.5 Å². The van der Waals surface area contributed by atoms with Crippen LogP contribution in [0.4, 0.5) is 0 Å². The zero-order chi connectivity index (χ0) is 30.5. The fourth-order valence-electron chi connectivity index (χ4n) is 5.04. The van der Waals surface area contributed by atoms with Crippen molar-refractivity contribution in [3.05, 3.63) is 107 Å². The second-order valence-corrected chi connectivity index (χ2v) is 9.43. The molecule has 0 spiro atoms. The first-order chi connectivity index (χ1) is 20.9. The van der Waals surface area contributed by atoms with Crippen molar-refractivity contribution in [2.75, 3.05) is 35.5 Å². The summed E-state index contributed by atoms with van der Waals surface area (Å²) < 4.78 is 35.2. The van der Waals surface area contributed by atoms with Crippen molar-refractivity contribution >= 4 is 16.7 Å². The van der Waals surface area contributed by atoms with Gasteiger partial charge in [0.05, 0.1) is 40.9 Å². The van der Waals surface area contributed by atoms with Crippen molar-refractivity contribution in [1.82, 2.24) is 4.57 Å². The zero-order valence-electron chi connectivity index (χ0n) is 24.5. The molecule has 9 nitrogen and oxygen atoms in total. The lowest BCUT2D eigenvalue weighted by molar-refractivity contribution is 0.0591. The Morgan fingerprint density at radius 1 is 0.674 bits per heavy atom. The van der Waals surface area contributed by atoms with Gasteiger partial charge in [0.25, 0.3) is 5.56 Å². The molecule has 0 saturated heterocycles. The molecule has 0 saturated carbocycles. The monoisotopic (exact) mass is 581 g/mol. The van der Waals surface area contributed by atoms with E-state index in [2.05, 4.69) is 0 Å². The Kier molecular flexibility index (Phi) is 8.52. The number of methoxy groups -OCH3 is 5. The van der Waals surface area contributed by atoms with Crippen LogP contribution < -0.4 is 29.2 Å². The molecule has 0 fully saturated rings. The van der Waals surface area contributed by atoms with E-state index in [1.807, 2.05) is 36.4 Å². The lowest BCUT2D eigenvalue weighted by Gasteiger charge is -2.21. The summed E-state index contributed by atoms with van der Waals surface area (Å²) in [5.74, 6) is 1.15. The molecule has 0 radical (unpaired) electrons. The Labute approximate surface area is 248 Å². The molecule has 4 aromatic carbocycles. The standard InChI is InChI=1S/C34H31NO8/c1-38-26-18-24-25(19-27(26)43-20-21-12-8-6-9-13-21)33(36)35(23-14-10-7-11-15-23)31(34(37)42-5)30(24)22-16-28(39-2)32(41-4)29(17-22)40-3/h6-19H,20H2,1-5H3. The van der Waals surface area contributed by atoms with E-state index in [0.29, 0.717) is 56.3 Å². The van der Waals surface area contributed by atoms with Crippen LogP contribution in [0.25, 0.3) is 27.6 Å². The molecular weight excluding hydrogens is 550 g/mol. The molecule has 0 bridgehead atoms. The van der Waals surface area contributed by atoms with Crippen LogP contribution in [0, 0.1) is 0 Å². The van der Waals surface area contributed by atoms with E-state index in [0.717, 1.165) is 5.56 Å². The highest BCUT2D eigenvalue weighted by Gasteiger charge is 2.28. The minimum absolute atomic E-state index is 0.0143. The van der Waals surface area contributed by atoms with Crippen molar-refractivity contribution in [1.29, 1.82) is 0 Å². The molecule has 0 amide bonds. The number of nitrogens with zero attached hydrogens (tertiary/aromatic N) is 1. The third kappa shape index (κ3) is 5.44. The number of aromatic nitrogens is 1. The van der Waals surface area contributed by atoms with Gasteiger partial charge in [-0.15, -0.1) is 0 Å². The summed E-state index contributed by atoms with van der Waals surface area (Å²) in [7, 11) is 7.30. The van der Waals surface area contributed by atoms with E-state index in [9.17, 15) is 9.59 Å². The van der Waals surface area contributed by atoms with Crippen LogP contribution >= 0.6 is 0 Å². The minimum atomic E-state index is -0.713. The number of carbonyl (C=O) groups excluding carboxylic acids is 1. The smallest absolute Gasteiger partial charge is 0.355 e. The Bertz CT molecular complexity index is 1810. The number of esters is 1. The topological polar surface area (TPSA) is 94.5 Å². The van der Waals surface area contributed by atoms with Gasteiger partial charge in [0.1, 0.15) is 12.3 Å². The summed E-state index contributed by atoms with van der Waals surface area (Å²) in [4.78, 5) is 27.9. The molecule has 0 unspecified atom stereocenters. The third-order valence-electron chi connectivity index (χ3n) is 7.05. The van der Waals surface area contributed by atoms with Gasteiger partial charge in [-0.05, 0) is 47.5 Å². The summed E-state index contributed by atoms with van der Waals surface area (Å²) >= 11 is 0. The molecule has 220 valence electrons. The van der Waals surface area contributed by atoms with Gasteiger partial charge in [-0.1, -0.05) is 48.5 Å². The third-order valence-corrected chi connectivity index (χ3v) is 7.05. The molecule has 43 heavy (non-hydrogen) atoms. The number of hydrogen-bond donors (Lipinski definition) is 0. The van der Waals surface area contributed by atoms with Gasteiger partial charge >= 0.3 is 5.97 Å². The van der Waals surface area contributed by atoms with Crippen molar-refractivity contribution < 1.29 is 33.2 Å². The Morgan fingerprint density at radius 3 is 1.81 bits per heavy atom. The molecule has 0 aliphatic carbocycles. The number of carbonyl (C=O) groups is 1. The van der Waals surface area contributed by atoms with Crippen LogP contribution in [0.1, 0.15) is 16.1 Å². The fourth-order valence-corrected chi connectivity index (χ4v) is 5.04. The minimum Gasteiger partial charge on any atom is -0.493 e. The molecule has 1 heterocycles. The van der Waals surface area contributed by atoms with E-state index in [1.165, 1.54) is 40.1 Å². The van der Waals surface area contributed by atoms with Crippen LogP contribution in [0.5, 0.6) is 28.7 Å². The van der Waals surface area contributed by atoms with E-state index < -0.39 is 11.5 Å². The first-order valence-electron chi connectivity index (χ1n) is 13.4. The number of pyridine rings is 1. The zero-order valence-corrected chi connectivity index (χ0v) is 24.5. The van der Waals surface area contributed by atoms with Gasteiger partial charge in [0.2, 0.25) is 5.75 Å². The average molecular weight is 582 g/mol. The molecule has 0 N–H and O–H groups in total. The summed E-state index contributed by atoms with van der Waals surface area (Å²) in [5.41, 5.74) is 1.92. The van der Waals surface area contributed by atoms with Gasteiger partial charge in [-0.3, -0.25) is 9.36 Å². The second-order valence-electron chi connectivity index (χ2n) is 9.43. The quantitative estimate of drug-likeness (QED) is 0.184. The van der Waals surface area contributed by atoms with Gasteiger partial charge in [0.15, 0.2) is 23.0 Å². The van der Waals surface area contributed by atoms with Crippen molar-refractivity contribution in [3.63, 3.8) is 0 Å². The number of hydrogen-bond acceptors (Lipinski definition) is 8. The van der Waals surface area contributed by atoms with Crippen LogP contribution in [0.15, 0.2) is 89.7 Å². The molecule has 9 heteroatoms. The van der Waals surface area contributed by atoms with E-state index >= 15 is 0 Å². The summed E-state index contributed by atoms with van der Waals surface area (Å²) in [6.45, 7) is 0.259. The van der Waals surface area contributed by atoms with E-state index in [-0.39, 0.29) is 12.3 Å². The number of fused-ring (bicyclic) bond motifs is 1. The largest absolute Gasteiger partial charge is 0.493 e. The maximum absolute atomic E-state index is 14.3. The fraction of sp³-hybridized carbons (Fsp3) is 0.176. The van der Waals surface area contributed by atoms with Crippen LogP contribution in [0.2, 0.25) is 0 Å². The normalized spacial score (nSPS) is 10.7. The van der Waals surface area contributed by atoms with Gasteiger partial charge < -0.3 is 28.4 Å². The molecule has 0 atom stereocenters. The van der Waals surface area contributed by atoms with Crippen LogP contribution in [0.3, 0.4) is 0 Å². The number of ether oxygens (including phenoxy) is 6. The predicted octanol–water partition coefficient (Wildman–Crippen LogP) is 6.06.